The van der Waals surface area contributed by atoms with E-state index >= 15 is 0 Å². The second kappa shape index (κ2) is 11.1. The van der Waals surface area contributed by atoms with Crippen LogP contribution in [0.25, 0.3) is 0 Å². The molecule has 2 aromatic carbocycles. The molecule has 2 heterocycles. The van der Waals surface area contributed by atoms with Gasteiger partial charge < -0.3 is 19.9 Å². The number of aromatic nitrogens is 2. The number of amides is 2. The molecule has 0 bridgehead atoms. The van der Waals surface area contributed by atoms with E-state index in [1.165, 1.54) is 0 Å². The number of halogens is 3. The molecule has 0 saturated heterocycles. The second-order valence-corrected chi connectivity index (χ2v) is 10.4. The van der Waals surface area contributed by atoms with Crippen LogP contribution in [0.2, 0.25) is 15.1 Å². The third kappa shape index (κ3) is 5.92. The fourth-order valence-corrected chi connectivity index (χ4v) is 5.11. The number of carbonyl (C=O) groups is 3. The largest absolute Gasteiger partial charge is 0.480 e. The van der Waals surface area contributed by atoms with Gasteiger partial charge in [-0.15, -0.1) is 0 Å². The highest BCUT2D eigenvalue weighted by molar-refractivity contribution is 6.40. The van der Waals surface area contributed by atoms with Gasteiger partial charge in [0.15, 0.2) is 0 Å². The summed E-state index contributed by atoms with van der Waals surface area (Å²) in [5, 5.41) is 13.0. The summed E-state index contributed by atoms with van der Waals surface area (Å²) in [6, 6.07) is 7.21. The molecular weight excluding hydrogens is 539 g/mol. The van der Waals surface area contributed by atoms with Crippen LogP contribution in [0.15, 0.2) is 42.9 Å². The molecule has 0 saturated carbocycles. The lowest BCUT2D eigenvalue weighted by molar-refractivity contribution is -0.139. The molecule has 8 nitrogen and oxygen atoms in total. The molecule has 2 amide bonds. The molecule has 0 fully saturated rings. The van der Waals surface area contributed by atoms with Crippen LogP contribution < -0.4 is 5.32 Å². The summed E-state index contributed by atoms with van der Waals surface area (Å²) in [4.78, 5) is 43.9. The minimum Gasteiger partial charge on any atom is -0.480 e. The minimum absolute atomic E-state index is 0.00272. The number of carboxylic acids is 1. The number of nitrogens with one attached hydrogen (secondary N) is 1. The topological polar surface area (TPSA) is 105 Å². The molecule has 194 valence electrons. The Morgan fingerprint density at radius 3 is 2.46 bits per heavy atom. The smallest absolute Gasteiger partial charge is 0.326 e. The Balaban J connectivity index is 1.52. The van der Waals surface area contributed by atoms with Crippen LogP contribution in [-0.4, -0.2) is 49.9 Å². The summed E-state index contributed by atoms with van der Waals surface area (Å²) in [5.41, 5.74) is 2.50. The van der Waals surface area contributed by atoms with Gasteiger partial charge in [-0.3, -0.25) is 9.59 Å². The highest BCUT2D eigenvalue weighted by atomic mass is 35.5. The van der Waals surface area contributed by atoms with Crippen molar-refractivity contribution < 1.29 is 19.5 Å². The predicted molar refractivity (Wildman–Crippen MR) is 142 cm³/mol. The first-order valence-corrected chi connectivity index (χ1v) is 12.8. The Hall–Kier alpha value is -3.07. The van der Waals surface area contributed by atoms with Crippen molar-refractivity contribution in [1.82, 2.24) is 19.8 Å². The lowest BCUT2D eigenvalue weighted by atomic mass is 9.95. The van der Waals surface area contributed by atoms with Crippen molar-refractivity contribution in [1.29, 1.82) is 0 Å². The fraction of sp³-hybridized carbons (Fsp3) is 0.308. The van der Waals surface area contributed by atoms with E-state index in [4.69, 9.17) is 34.8 Å². The van der Waals surface area contributed by atoms with Crippen LogP contribution in [0, 0.1) is 0 Å². The van der Waals surface area contributed by atoms with Crippen molar-refractivity contribution >= 4 is 52.6 Å². The number of benzene rings is 2. The Bertz CT molecular complexity index is 1350. The standard InChI is InChI=1S/C26H25Cl3N4O4/c1-14(2)33-12-18(30-13-33)10-21(26(36)37)31-24(34)22-20(28)9-16-11-32(8-7-19(16)23(22)29)25(35)15-3-5-17(27)6-4-15/h3-6,9,12-14,21H,7-8,10-11H2,1-2H3,(H,31,34)(H,36,37)/t21-/m0/s1. The Kier molecular flexibility index (Phi) is 8.11. The van der Waals surface area contributed by atoms with Gasteiger partial charge in [-0.05, 0) is 61.7 Å². The summed E-state index contributed by atoms with van der Waals surface area (Å²) < 4.78 is 1.86. The Morgan fingerprint density at radius 1 is 1.14 bits per heavy atom. The Morgan fingerprint density at radius 2 is 1.84 bits per heavy atom. The number of rotatable bonds is 7. The van der Waals surface area contributed by atoms with Crippen LogP contribution in [-0.2, 0) is 24.2 Å². The number of nitrogens with zero attached hydrogens (tertiary/aromatic N) is 3. The van der Waals surface area contributed by atoms with Crippen LogP contribution in [0.1, 0.15) is 57.4 Å². The summed E-state index contributed by atoms with van der Waals surface area (Å²) >= 11 is 19.0. The number of hydrogen-bond acceptors (Lipinski definition) is 4. The molecule has 4 rings (SSSR count). The normalized spacial score (nSPS) is 13.8. The molecule has 0 unspecified atom stereocenters. The van der Waals surface area contributed by atoms with E-state index in [-0.39, 0.29) is 40.5 Å². The number of hydrogen-bond donors (Lipinski definition) is 2. The SMILES string of the molecule is CC(C)n1cnc(C[C@H](NC(=O)c2c(Cl)cc3c(c2Cl)CCN(C(=O)c2ccc(Cl)cc2)C3)C(=O)O)c1. The maximum atomic E-state index is 13.1. The minimum atomic E-state index is -1.22. The van der Waals surface area contributed by atoms with Crippen molar-refractivity contribution in [2.45, 2.75) is 45.3 Å². The van der Waals surface area contributed by atoms with Crippen molar-refractivity contribution in [3.8, 4) is 0 Å². The highest BCUT2D eigenvalue weighted by Gasteiger charge is 2.30. The first-order valence-electron chi connectivity index (χ1n) is 11.7. The summed E-state index contributed by atoms with van der Waals surface area (Å²) in [5.74, 6) is -2.04. The van der Waals surface area contributed by atoms with Gasteiger partial charge in [0.1, 0.15) is 6.04 Å². The fourth-order valence-electron chi connectivity index (χ4n) is 4.22. The molecule has 0 aliphatic carbocycles. The van der Waals surface area contributed by atoms with Gasteiger partial charge in [0.05, 0.1) is 27.6 Å². The van der Waals surface area contributed by atoms with Crippen LogP contribution in [0.3, 0.4) is 0 Å². The van der Waals surface area contributed by atoms with Gasteiger partial charge in [0.25, 0.3) is 11.8 Å². The van der Waals surface area contributed by atoms with Crippen molar-refractivity contribution in [3.05, 3.63) is 85.9 Å². The van der Waals surface area contributed by atoms with Crippen molar-refractivity contribution in [2.75, 3.05) is 6.54 Å². The molecule has 11 heteroatoms. The molecule has 0 spiro atoms. The molecule has 1 aliphatic rings. The molecule has 0 radical (unpaired) electrons. The average Bonchev–Trinajstić information content (AvgIpc) is 3.32. The number of carboxylic acid groups (broad SMARTS) is 1. The first kappa shape index (κ1) is 27.0. The summed E-state index contributed by atoms with van der Waals surface area (Å²) in [6.07, 6.45) is 3.80. The van der Waals surface area contributed by atoms with Gasteiger partial charge in [0, 0.05) is 42.3 Å². The average molecular weight is 564 g/mol. The Labute approximate surface area is 229 Å². The predicted octanol–water partition coefficient (Wildman–Crippen LogP) is 5.05. The van der Waals surface area contributed by atoms with Crippen LogP contribution in [0.5, 0.6) is 0 Å². The second-order valence-electron chi connectivity index (χ2n) is 9.14. The van der Waals surface area contributed by atoms with E-state index in [9.17, 15) is 19.5 Å². The lowest BCUT2D eigenvalue weighted by Gasteiger charge is -2.30. The maximum Gasteiger partial charge on any atom is 0.326 e. The van der Waals surface area contributed by atoms with E-state index < -0.39 is 17.9 Å². The zero-order chi connectivity index (χ0) is 26.9. The zero-order valence-electron chi connectivity index (χ0n) is 20.2. The van der Waals surface area contributed by atoms with E-state index in [2.05, 4.69) is 10.3 Å². The van der Waals surface area contributed by atoms with E-state index in [1.807, 2.05) is 18.4 Å². The van der Waals surface area contributed by atoms with Crippen molar-refractivity contribution in [2.24, 2.45) is 0 Å². The molecule has 2 N–H and O–H groups in total. The van der Waals surface area contributed by atoms with Crippen LogP contribution >= 0.6 is 34.8 Å². The molecule has 3 aromatic rings. The highest BCUT2D eigenvalue weighted by Crippen LogP contribution is 2.35. The number of imidazole rings is 1. The van der Waals surface area contributed by atoms with Crippen LogP contribution in [0.4, 0.5) is 0 Å². The monoisotopic (exact) mass is 562 g/mol. The molecular formula is C26H25Cl3N4O4. The van der Waals surface area contributed by atoms with E-state index in [0.717, 1.165) is 5.56 Å². The third-order valence-corrected chi connectivity index (χ3v) is 7.25. The lowest BCUT2D eigenvalue weighted by Crippen LogP contribution is -2.43. The third-order valence-electron chi connectivity index (χ3n) is 6.28. The number of carbonyl (C=O) groups excluding carboxylic acids is 2. The molecule has 1 aromatic heterocycles. The van der Waals surface area contributed by atoms with Gasteiger partial charge in [0.2, 0.25) is 0 Å². The molecule has 37 heavy (non-hydrogen) atoms. The zero-order valence-corrected chi connectivity index (χ0v) is 22.4. The number of aliphatic carboxylic acids is 1. The van der Waals surface area contributed by atoms with Crippen molar-refractivity contribution in [3.63, 3.8) is 0 Å². The quantitative estimate of drug-likeness (QED) is 0.419. The molecule has 1 atom stereocenters. The molecule has 1 aliphatic heterocycles. The van der Waals surface area contributed by atoms with Gasteiger partial charge in [-0.25, -0.2) is 9.78 Å². The van der Waals surface area contributed by atoms with Gasteiger partial charge >= 0.3 is 5.97 Å². The van der Waals surface area contributed by atoms with Gasteiger partial charge in [-0.2, -0.15) is 0 Å². The summed E-state index contributed by atoms with van der Waals surface area (Å²) in [6.45, 7) is 4.63. The van der Waals surface area contributed by atoms with E-state index in [0.29, 0.717) is 34.8 Å². The maximum absolute atomic E-state index is 13.1. The van der Waals surface area contributed by atoms with E-state index in [1.54, 1.807) is 47.8 Å². The number of fused-ring (bicyclic) bond motifs is 1. The summed E-state index contributed by atoms with van der Waals surface area (Å²) in [7, 11) is 0. The van der Waals surface area contributed by atoms with Gasteiger partial charge in [-0.1, -0.05) is 34.8 Å². The first-order chi connectivity index (χ1) is 17.5.